The van der Waals surface area contributed by atoms with E-state index in [1.165, 1.54) is 13.8 Å². The number of hydrogen-bond donors (Lipinski definition) is 11. The number of hydrogen-bond acceptors (Lipinski definition) is 23. The van der Waals surface area contributed by atoms with Crippen molar-refractivity contribution in [3.63, 3.8) is 0 Å². The van der Waals surface area contributed by atoms with Gasteiger partial charge in [-0.1, -0.05) is 25.6 Å². The lowest BCUT2D eigenvalue weighted by molar-refractivity contribution is -0.261. The van der Waals surface area contributed by atoms with Crippen molar-refractivity contribution in [2.45, 2.75) is 108 Å². The number of carbonyl (C=O) groups excluding carboxylic acids is 4. The maximum absolute atomic E-state index is 12.7. The lowest BCUT2D eigenvalue weighted by Gasteiger charge is -2.35. The Morgan fingerprint density at radius 3 is 2.38 bits per heavy atom. The zero-order valence-corrected chi connectivity index (χ0v) is 39.0. The summed E-state index contributed by atoms with van der Waals surface area (Å²) in [5, 5.41) is 45.6. The zero-order chi connectivity index (χ0) is 49.2. The van der Waals surface area contributed by atoms with Crippen molar-refractivity contribution in [3.8, 4) is 0 Å². The molecule has 11 atom stereocenters. The van der Waals surface area contributed by atoms with E-state index < -0.39 is 114 Å². The molecule has 0 aromatic carbocycles. The number of nitrogen functional groups attached to an aromatic ring is 1. The number of ether oxygens (including phenoxy) is 3. The van der Waals surface area contributed by atoms with E-state index in [2.05, 4.69) is 34.4 Å². The van der Waals surface area contributed by atoms with Crippen LogP contribution in [0.4, 0.5) is 5.82 Å². The summed E-state index contributed by atoms with van der Waals surface area (Å²) in [6.07, 6.45) is -10.4. The van der Waals surface area contributed by atoms with E-state index in [1.54, 1.807) is 6.92 Å². The number of anilines is 1. The third kappa shape index (κ3) is 16.9. The summed E-state index contributed by atoms with van der Waals surface area (Å²) in [4.78, 5) is 100. The Morgan fingerprint density at radius 1 is 0.985 bits per heavy atom. The Hall–Kier alpha value is -2.93. The van der Waals surface area contributed by atoms with Crippen LogP contribution in [0, 0.1) is 5.41 Å². The second kappa shape index (κ2) is 24.1. The molecule has 2 saturated heterocycles. The average molecular weight is 1030 g/mol. The molecule has 0 radical (unpaired) electrons. The molecular weight excluding hydrogens is 971 g/mol. The number of nitrogens with zero attached hydrogens (tertiary/aromatic N) is 4. The molecule has 29 nitrogen and oxygen atoms in total. The van der Waals surface area contributed by atoms with Crippen LogP contribution in [-0.2, 0) is 65.0 Å². The van der Waals surface area contributed by atoms with Crippen molar-refractivity contribution >= 4 is 74.9 Å². The zero-order valence-electron chi connectivity index (χ0n) is 35.5. The largest absolute Gasteiger partial charge is 0.481 e. The monoisotopic (exact) mass is 1030 g/mol. The molecule has 2 aliphatic heterocycles. The van der Waals surface area contributed by atoms with Gasteiger partial charge in [0.15, 0.2) is 29.1 Å². The van der Waals surface area contributed by atoms with Gasteiger partial charge in [-0.15, -0.1) is 0 Å². The molecule has 2 fully saturated rings. The Balaban J connectivity index is 1.13. The number of aromatic nitrogens is 4. The third-order valence-electron chi connectivity index (χ3n) is 9.68. The molecule has 0 spiro atoms. The molecule has 2 aromatic heterocycles. The Bertz CT molecular complexity index is 2150. The van der Waals surface area contributed by atoms with Gasteiger partial charge in [0, 0.05) is 43.5 Å². The van der Waals surface area contributed by atoms with Gasteiger partial charge in [0.25, 0.3) is 0 Å². The summed E-state index contributed by atoms with van der Waals surface area (Å²) < 4.78 is 73.1. The molecule has 2 aromatic rings. The molecule has 2 aliphatic rings. The molecule has 0 bridgehead atoms. The van der Waals surface area contributed by atoms with Crippen LogP contribution in [0.25, 0.3) is 11.2 Å². The van der Waals surface area contributed by atoms with E-state index in [9.17, 15) is 72.9 Å². The molecule has 2 unspecified atom stereocenters. The quantitative estimate of drug-likeness (QED) is 0.0283. The molecule has 0 saturated carbocycles. The Labute approximate surface area is 379 Å². The normalized spacial score (nSPS) is 26.0. The highest BCUT2D eigenvalue weighted by Gasteiger charge is 2.50. The number of nitrogens with one attached hydrogen (secondary N) is 2. The van der Waals surface area contributed by atoms with Gasteiger partial charge in [0.2, 0.25) is 11.8 Å². The summed E-state index contributed by atoms with van der Waals surface area (Å²) >= 11 is 0.832. The number of phosphoric ester groups is 3. The van der Waals surface area contributed by atoms with Crippen LogP contribution in [0.1, 0.15) is 59.1 Å². The van der Waals surface area contributed by atoms with Gasteiger partial charge in [-0.05, 0) is 13.3 Å². The summed E-state index contributed by atoms with van der Waals surface area (Å²) in [7, 11) is -16.5. The maximum atomic E-state index is 12.7. The van der Waals surface area contributed by atoms with Crippen molar-refractivity contribution in [2.24, 2.45) is 5.41 Å². The number of imidazole rings is 1. The first-order valence-corrected chi connectivity index (χ1v) is 25.4. The number of Topliss-reactive ketones (excluding diaryl/α,β-unsaturated/α-hetero) is 1. The number of phosphoric acid groups is 3. The molecule has 374 valence electrons. The minimum Gasteiger partial charge on any atom is -0.390 e. The fourth-order valence-corrected chi connectivity index (χ4v) is 9.68. The highest BCUT2D eigenvalue weighted by molar-refractivity contribution is 8.13. The summed E-state index contributed by atoms with van der Waals surface area (Å²) in [6, 6.07) is 0. The Kier molecular flexibility index (Phi) is 20.3. The maximum Gasteiger partial charge on any atom is 0.481 e. The second-order valence-corrected chi connectivity index (χ2v) is 20.9. The topological polar surface area (TPSA) is 440 Å². The number of thioether (sulfide) groups is 1. The smallest absolute Gasteiger partial charge is 0.390 e. The van der Waals surface area contributed by atoms with Gasteiger partial charge in [-0.3, -0.25) is 37.3 Å². The summed E-state index contributed by atoms with van der Waals surface area (Å²) in [5.41, 5.74) is 4.18. The number of amides is 2. The van der Waals surface area contributed by atoms with Gasteiger partial charge in [0.05, 0.1) is 44.8 Å². The van der Waals surface area contributed by atoms with Gasteiger partial charge >= 0.3 is 23.5 Å². The summed E-state index contributed by atoms with van der Waals surface area (Å²) in [5.74, 6) is -1.81. The van der Waals surface area contributed by atoms with Crippen LogP contribution in [0.15, 0.2) is 12.7 Å². The first-order chi connectivity index (χ1) is 30.7. The van der Waals surface area contributed by atoms with E-state index in [4.69, 9.17) is 29.0 Å². The SMILES string of the molecule is C[C@@H]1O[C@@H](OCCCC(=O)CC(=O)SCCNC(=O)CCNC(=O)[C@H](O)C(C)(C)COP(=O)(O)OP(=O)(O)OC[C@H]2O[C@@H](n3cnc4c(N)ncnc43)[C@H](O)[C@@H]2OP(=O)(O)O)[C@H](O)C[C@H]1O. The van der Waals surface area contributed by atoms with E-state index in [1.807, 2.05) is 0 Å². The van der Waals surface area contributed by atoms with Crippen molar-refractivity contribution in [1.82, 2.24) is 30.2 Å². The number of aliphatic hydroxyl groups excluding tert-OH is 4. The second-order valence-electron chi connectivity index (χ2n) is 15.6. The Morgan fingerprint density at radius 2 is 1.68 bits per heavy atom. The van der Waals surface area contributed by atoms with Gasteiger partial charge in [-0.2, -0.15) is 4.31 Å². The van der Waals surface area contributed by atoms with Crippen LogP contribution >= 0.6 is 35.2 Å². The lowest BCUT2D eigenvalue weighted by Crippen LogP contribution is -2.47. The van der Waals surface area contributed by atoms with Crippen LogP contribution in [0.2, 0.25) is 0 Å². The van der Waals surface area contributed by atoms with E-state index in [0.29, 0.717) is 0 Å². The number of fused-ring (bicyclic) bond motifs is 1. The minimum absolute atomic E-state index is 0.0149. The fraction of sp³-hybridized carbons (Fsp3) is 0.727. The molecule has 33 heteroatoms. The van der Waals surface area contributed by atoms with Crippen LogP contribution < -0.4 is 16.4 Å². The molecule has 66 heavy (non-hydrogen) atoms. The van der Waals surface area contributed by atoms with Crippen LogP contribution in [0.5, 0.6) is 0 Å². The number of ketones is 1. The van der Waals surface area contributed by atoms with Gasteiger partial charge in [-0.25, -0.2) is 28.6 Å². The number of rotatable bonds is 26. The van der Waals surface area contributed by atoms with E-state index in [-0.39, 0.29) is 80.3 Å². The fourth-order valence-electron chi connectivity index (χ4n) is 6.16. The average Bonchev–Trinajstić information content (AvgIpc) is 3.78. The van der Waals surface area contributed by atoms with Crippen LogP contribution in [-0.4, -0.2) is 170 Å². The van der Waals surface area contributed by atoms with Crippen molar-refractivity contribution in [1.29, 1.82) is 0 Å². The van der Waals surface area contributed by atoms with Gasteiger partial charge < -0.3 is 70.6 Å². The van der Waals surface area contributed by atoms with Crippen molar-refractivity contribution in [3.05, 3.63) is 12.7 Å². The highest BCUT2D eigenvalue weighted by atomic mass is 32.2. The lowest BCUT2D eigenvalue weighted by atomic mass is 9.87. The minimum atomic E-state index is -5.61. The number of aliphatic hydroxyl groups is 4. The highest BCUT2D eigenvalue weighted by Crippen LogP contribution is 2.61. The predicted octanol–water partition coefficient (Wildman–Crippen LogP) is -1.72. The molecule has 4 rings (SSSR count). The van der Waals surface area contributed by atoms with Crippen LogP contribution in [0.3, 0.4) is 0 Å². The van der Waals surface area contributed by atoms with Crippen molar-refractivity contribution < 1.29 is 105 Å². The predicted molar refractivity (Wildman–Crippen MR) is 223 cm³/mol. The van der Waals surface area contributed by atoms with Gasteiger partial charge in [0.1, 0.15) is 48.1 Å². The van der Waals surface area contributed by atoms with E-state index >= 15 is 0 Å². The first kappa shape index (κ1) is 55.7. The molecule has 12 N–H and O–H groups in total. The number of nitrogens with two attached hydrogens (primary N) is 1. The third-order valence-corrected chi connectivity index (χ3v) is 13.7. The van der Waals surface area contributed by atoms with Crippen molar-refractivity contribution in [2.75, 3.05) is 44.4 Å². The molecular formula is C33H54N7O22P3S. The molecule has 2 amide bonds. The summed E-state index contributed by atoms with van der Waals surface area (Å²) in [6.45, 7) is 1.87. The standard InChI is InChI=1S/C33H54N7O22P3S/c1-17-19(42)12-20(43)32(59-17)56-9-4-5-18(41)11-23(45)66-10-8-35-22(44)6-7-36-30(48)27(47)33(2,3)14-58-65(54,55)62-64(52,53)57-13-21-26(61-63(49,50)51)25(46)31(60-21)40-16-39-24-28(34)37-15-38-29(24)40/h15-17,19-21,25-27,31-32,42-43,46-47H,4-14H2,1-3H3,(H,35,44)(H,36,48)(H,52,53)(H,54,55)(H2,34,37,38)(H2,49,50,51)/t17-,19+,20+,21+,25+,26+,27-,31+,32+/m0/s1. The number of carbonyl (C=O) groups is 4. The molecule has 0 aliphatic carbocycles. The molecule has 4 heterocycles. The van der Waals surface area contributed by atoms with E-state index in [0.717, 1.165) is 29.0 Å². The first-order valence-electron chi connectivity index (χ1n) is 19.9.